The molecule has 0 radical (unpaired) electrons. The average molecular weight is 231 g/mol. The fourth-order valence-corrected chi connectivity index (χ4v) is 0.919. The number of carboxylic acids is 1. The molecule has 0 unspecified atom stereocenters. The third-order valence-corrected chi connectivity index (χ3v) is 1.64. The molecule has 7 nitrogen and oxygen atoms in total. The van der Waals surface area contributed by atoms with E-state index in [1.54, 1.807) is 0 Å². The third-order valence-electron chi connectivity index (χ3n) is 1.64. The minimum atomic E-state index is -0.882. The van der Waals surface area contributed by atoms with Crippen molar-refractivity contribution in [2.24, 2.45) is 0 Å². The molecule has 0 atom stereocenters. The zero-order valence-corrected chi connectivity index (χ0v) is 9.21. The molecule has 4 N–H and O–H groups in total. The van der Waals surface area contributed by atoms with Gasteiger partial charge in [0, 0.05) is 33.0 Å². The predicted molar refractivity (Wildman–Crippen MR) is 57.0 cm³/mol. The van der Waals surface area contributed by atoms with E-state index in [9.17, 15) is 14.4 Å². The quantitative estimate of drug-likeness (QED) is 0.434. The van der Waals surface area contributed by atoms with Gasteiger partial charge in [0.2, 0.25) is 5.91 Å². The lowest BCUT2D eigenvalue weighted by Crippen LogP contribution is -2.40. The fraction of sp³-hybridized carbons (Fsp3) is 0.667. The molecule has 0 heterocycles. The van der Waals surface area contributed by atoms with Crippen molar-refractivity contribution < 1.29 is 19.5 Å². The van der Waals surface area contributed by atoms with Crippen molar-refractivity contribution in [3.8, 4) is 0 Å². The highest BCUT2D eigenvalue weighted by Gasteiger charge is 2.00. The molecular weight excluding hydrogens is 214 g/mol. The van der Waals surface area contributed by atoms with Crippen molar-refractivity contribution in [2.75, 3.05) is 19.6 Å². The van der Waals surface area contributed by atoms with Gasteiger partial charge in [-0.05, 0) is 6.42 Å². The first kappa shape index (κ1) is 14.2. The minimum Gasteiger partial charge on any atom is -0.481 e. The van der Waals surface area contributed by atoms with Gasteiger partial charge >= 0.3 is 12.0 Å². The summed E-state index contributed by atoms with van der Waals surface area (Å²) in [6, 6.07) is -0.365. The summed E-state index contributed by atoms with van der Waals surface area (Å²) in [5.74, 6) is -1.03. The zero-order valence-electron chi connectivity index (χ0n) is 9.21. The second kappa shape index (κ2) is 8.51. The van der Waals surface area contributed by atoms with Crippen LogP contribution in [0.1, 0.15) is 19.8 Å². The van der Waals surface area contributed by atoms with Gasteiger partial charge in [0.1, 0.15) is 0 Å². The Hall–Kier alpha value is -1.79. The maximum absolute atomic E-state index is 11.1. The molecule has 7 heteroatoms. The van der Waals surface area contributed by atoms with Crippen molar-refractivity contribution >= 4 is 17.9 Å². The highest BCUT2D eigenvalue weighted by Crippen LogP contribution is 1.85. The van der Waals surface area contributed by atoms with Crippen molar-refractivity contribution in [3.05, 3.63) is 0 Å². The van der Waals surface area contributed by atoms with Gasteiger partial charge in [0.05, 0.1) is 0 Å². The fourth-order valence-electron chi connectivity index (χ4n) is 0.919. The van der Waals surface area contributed by atoms with E-state index < -0.39 is 5.97 Å². The lowest BCUT2D eigenvalue weighted by Gasteiger charge is -2.07. The van der Waals surface area contributed by atoms with Gasteiger partial charge < -0.3 is 21.1 Å². The summed E-state index contributed by atoms with van der Waals surface area (Å²) in [4.78, 5) is 31.7. The first-order valence-corrected chi connectivity index (χ1v) is 5.00. The molecule has 92 valence electrons. The highest BCUT2D eigenvalue weighted by molar-refractivity contribution is 5.74. The maximum Gasteiger partial charge on any atom is 0.314 e. The van der Waals surface area contributed by atoms with Gasteiger partial charge in [-0.25, -0.2) is 4.79 Å². The Morgan fingerprint density at radius 1 is 1.00 bits per heavy atom. The average Bonchev–Trinajstić information content (AvgIpc) is 2.19. The molecular formula is C9H17N3O4. The summed E-state index contributed by atoms with van der Waals surface area (Å²) in [6.45, 7) is 2.42. The summed E-state index contributed by atoms with van der Waals surface area (Å²) >= 11 is 0. The second-order valence-corrected chi connectivity index (χ2v) is 3.16. The largest absolute Gasteiger partial charge is 0.481 e. The first-order chi connectivity index (χ1) is 7.52. The summed E-state index contributed by atoms with van der Waals surface area (Å²) < 4.78 is 0. The molecule has 0 saturated heterocycles. The summed E-state index contributed by atoms with van der Waals surface area (Å²) in [5.41, 5.74) is 0. The molecule has 3 amide bonds. The van der Waals surface area contributed by atoms with Gasteiger partial charge in [-0.1, -0.05) is 0 Å². The Kier molecular flexibility index (Phi) is 7.56. The molecule has 0 aliphatic heterocycles. The number of nitrogens with one attached hydrogen (secondary N) is 3. The van der Waals surface area contributed by atoms with Crippen LogP contribution in [0.4, 0.5) is 4.79 Å². The van der Waals surface area contributed by atoms with E-state index in [2.05, 4.69) is 16.0 Å². The Bertz CT molecular complexity index is 231. The van der Waals surface area contributed by atoms with E-state index in [1.807, 2.05) is 0 Å². The molecule has 0 spiro atoms. The summed E-state index contributed by atoms with van der Waals surface area (Å²) in [5, 5.41) is 15.9. The molecule has 0 aliphatic carbocycles. The Labute approximate surface area is 93.6 Å². The molecule has 0 rings (SSSR count). The number of hydrogen-bond donors (Lipinski definition) is 4. The van der Waals surface area contributed by atoms with Crippen LogP contribution in [0, 0.1) is 0 Å². The lowest BCUT2D eigenvalue weighted by molar-refractivity contribution is -0.137. The van der Waals surface area contributed by atoms with Crippen LogP contribution >= 0.6 is 0 Å². The van der Waals surface area contributed by atoms with Gasteiger partial charge in [-0.15, -0.1) is 0 Å². The van der Waals surface area contributed by atoms with Crippen LogP contribution in [-0.2, 0) is 9.59 Å². The van der Waals surface area contributed by atoms with Gasteiger partial charge in [-0.2, -0.15) is 0 Å². The second-order valence-electron chi connectivity index (χ2n) is 3.16. The Balaban J connectivity index is 3.31. The zero-order chi connectivity index (χ0) is 12.4. The van der Waals surface area contributed by atoms with Crippen LogP contribution in [0.15, 0.2) is 0 Å². The van der Waals surface area contributed by atoms with Crippen molar-refractivity contribution in [3.63, 3.8) is 0 Å². The molecule has 0 aromatic carbocycles. The molecule has 16 heavy (non-hydrogen) atoms. The molecule has 0 fully saturated rings. The van der Waals surface area contributed by atoms with E-state index >= 15 is 0 Å². The Morgan fingerprint density at radius 2 is 1.56 bits per heavy atom. The predicted octanol–water partition coefficient (Wildman–Crippen LogP) is -0.713. The number of aliphatic carboxylic acids is 1. The summed E-state index contributed by atoms with van der Waals surface area (Å²) in [7, 11) is 0. The highest BCUT2D eigenvalue weighted by atomic mass is 16.4. The third kappa shape index (κ3) is 10.3. The van der Waals surface area contributed by atoms with Gasteiger partial charge in [-0.3, -0.25) is 9.59 Å². The smallest absolute Gasteiger partial charge is 0.314 e. The van der Waals surface area contributed by atoms with Crippen molar-refractivity contribution in [1.82, 2.24) is 16.0 Å². The SMILES string of the molecule is CC(=O)NCCNC(=O)NCCCC(=O)O. The number of carbonyl (C=O) groups is 3. The van der Waals surface area contributed by atoms with E-state index in [0.717, 1.165) is 0 Å². The number of carbonyl (C=O) groups excluding carboxylic acids is 2. The van der Waals surface area contributed by atoms with Gasteiger partial charge in [0.25, 0.3) is 0 Å². The number of urea groups is 1. The monoisotopic (exact) mass is 231 g/mol. The standard InChI is InChI=1S/C9H17N3O4/c1-7(13)10-5-6-12-9(16)11-4-2-3-8(14)15/h2-6H2,1H3,(H,10,13)(H,14,15)(H2,11,12,16). The summed E-state index contributed by atoms with van der Waals surface area (Å²) in [6.07, 6.45) is 0.431. The maximum atomic E-state index is 11.1. The first-order valence-electron chi connectivity index (χ1n) is 5.00. The Morgan fingerprint density at radius 3 is 2.12 bits per heavy atom. The number of amides is 3. The molecule has 0 aliphatic rings. The van der Waals surface area contributed by atoms with Gasteiger partial charge in [0.15, 0.2) is 0 Å². The van der Waals surface area contributed by atoms with Crippen LogP contribution in [0.25, 0.3) is 0 Å². The van der Waals surface area contributed by atoms with Crippen molar-refractivity contribution in [2.45, 2.75) is 19.8 Å². The lowest BCUT2D eigenvalue weighted by atomic mass is 10.3. The number of carboxylic acid groups (broad SMARTS) is 1. The normalized spacial score (nSPS) is 9.31. The molecule has 0 bridgehead atoms. The van der Waals surface area contributed by atoms with Crippen LogP contribution < -0.4 is 16.0 Å². The van der Waals surface area contributed by atoms with Crippen LogP contribution in [0.5, 0.6) is 0 Å². The van der Waals surface area contributed by atoms with E-state index in [0.29, 0.717) is 26.1 Å². The van der Waals surface area contributed by atoms with Crippen LogP contribution in [0.2, 0.25) is 0 Å². The molecule has 0 aromatic heterocycles. The van der Waals surface area contributed by atoms with E-state index in [4.69, 9.17) is 5.11 Å². The molecule has 0 aromatic rings. The van der Waals surface area contributed by atoms with Crippen LogP contribution in [0.3, 0.4) is 0 Å². The minimum absolute atomic E-state index is 0.0339. The topological polar surface area (TPSA) is 108 Å². The van der Waals surface area contributed by atoms with Crippen LogP contribution in [-0.4, -0.2) is 42.6 Å². The van der Waals surface area contributed by atoms with E-state index in [-0.39, 0.29) is 18.4 Å². The molecule has 0 saturated carbocycles. The van der Waals surface area contributed by atoms with E-state index in [1.165, 1.54) is 6.92 Å². The van der Waals surface area contributed by atoms with Crippen molar-refractivity contribution in [1.29, 1.82) is 0 Å². The number of rotatable bonds is 7. The number of hydrogen-bond acceptors (Lipinski definition) is 3.